The van der Waals surface area contributed by atoms with Crippen molar-refractivity contribution in [3.8, 4) is 11.5 Å². The van der Waals surface area contributed by atoms with Gasteiger partial charge in [0, 0.05) is 0 Å². The molecule has 0 saturated carbocycles. The van der Waals surface area contributed by atoms with Crippen LogP contribution in [0, 0.1) is 5.41 Å². The zero-order valence-electron chi connectivity index (χ0n) is 10.2. The second kappa shape index (κ2) is 5.24. The molecule has 0 aliphatic rings. The number of rotatable bonds is 3. The highest BCUT2D eigenvalue weighted by Crippen LogP contribution is 2.31. The average molecular weight is 280 g/mol. The van der Waals surface area contributed by atoms with Gasteiger partial charge in [0.15, 0.2) is 0 Å². The Morgan fingerprint density at radius 2 is 1.60 bits per heavy atom. The first-order chi connectivity index (χ1) is 9.38. The van der Waals surface area contributed by atoms with Crippen molar-refractivity contribution in [1.29, 1.82) is 5.41 Å². The number of nitrogen functional groups attached to an aromatic ring is 1. The summed E-state index contributed by atoms with van der Waals surface area (Å²) in [5.74, 6) is 0.388. The zero-order chi connectivity index (χ0) is 14.8. The monoisotopic (exact) mass is 280 g/mol. The number of halogens is 3. The Balaban J connectivity index is 2.25. The fraction of sp³-hybridized carbons (Fsp3) is 0.0714. The molecule has 0 heterocycles. The Labute approximate surface area is 113 Å². The van der Waals surface area contributed by atoms with E-state index in [0.717, 1.165) is 12.1 Å². The van der Waals surface area contributed by atoms with E-state index in [1.54, 1.807) is 24.3 Å². The van der Waals surface area contributed by atoms with E-state index < -0.39 is 11.7 Å². The predicted octanol–water partition coefficient (Wildman–Crippen LogP) is 3.78. The number of alkyl halides is 3. The van der Waals surface area contributed by atoms with Crippen LogP contribution in [0.15, 0.2) is 48.5 Å². The Hall–Kier alpha value is -2.50. The standard InChI is InChI=1S/C14H11F3N2O/c15-14(16,17)9-5-7-10(8-6-9)20-12-4-2-1-3-11(12)13(18)19/h1-8H,(H3,18,19). The summed E-state index contributed by atoms with van der Waals surface area (Å²) in [5, 5.41) is 7.41. The van der Waals surface area contributed by atoms with E-state index in [1.165, 1.54) is 12.1 Å². The van der Waals surface area contributed by atoms with Crippen LogP contribution < -0.4 is 10.5 Å². The molecule has 0 spiro atoms. The van der Waals surface area contributed by atoms with Crippen molar-refractivity contribution in [2.24, 2.45) is 5.73 Å². The van der Waals surface area contributed by atoms with Gasteiger partial charge in [-0.2, -0.15) is 13.2 Å². The topological polar surface area (TPSA) is 59.1 Å². The van der Waals surface area contributed by atoms with Gasteiger partial charge < -0.3 is 10.5 Å². The summed E-state index contributed by atoms with van der Waals surface area (Å²) in [6.45, 7) is 0. The minimum atomic E-state index is -4.38. The zero-order valence-corrected chi connectivity index (χ0v) is 10.2. The van der Waals surface area contributed by atoms with Crippen LogP contribution in [0.25, 0.3) is 0 Å². The number of benzene rings is 2. The van der Waals surface area contributed by atoms with Gasteiger partial charge in [-0.05, 0) is 36.4 Å². The summed E-state index contributed by atoms with van der Waals surface area (Å²) in [7, 11) is 0. The molecule has 0 atom stereocenters. The molecule has 20 heavy (non-hydrogen) atoms. The summed E-state index contributed by atoms with van der Waals surface area (Å²) in [6.07, 6.45) is -4.38. The maximum atomic E-state index is 12.4. The third-order valence-corrected chi connectivity index (χ3v) is 2.59. The second-order valence-electron chi connectivity index (χ2n) is 4.03. The van der Waals surface area contributed by atoms with Crippen LogP contribution in [0.2, 0.25) is 0 Å². The highest BCUT2D eigenvalue weighted by Gasteiger charge is 2.30. The van der Waals surface area contributed by atoms with Crippen molar-refractivity contribution < 1.29 is 17.9 Å². The van der Waals surface area contributed by atoms with Gasteiger partial charge in [0.05, 0.1) is 11.1 Å². The van der Waals surface area contributed by atoms with E-state index in [1.807, 2.05) is 0 Å². The lowest BCUT2D eigenvalue weighted by Gasteiger charge is -2.11. The van der Waals surface area contributed by atoms with E-state index in [-0.39, 0.29) is 11.6 Å². The van der Waals surface area contributed by atoms with Crippen molar-refractivity contribution in [1.82, 2.24) is 0 Å². The lowest BCUT2D eigenvalue weighted by Crippen LogP contribution is -2.12. The molecule has 2 rings (SSSR count). The Morgan fingerprint density at radius 3 is 2.15 bits per heavy atom. The number of nitrogens with two attached hydrogens (primary N) is 1. The maximum absolute atomic E-state index is 12.4. The molecule has 0 saturated heterocycles. The van der Waals surface area contributed by atoms with Crippen LogP contribution in [-0.4, -0.2) is 5.84 Å². The predicted molar refractivity (Wildman–Crippen MR) is 69.0 cm³/mol. The summed E-state index contributed by atoms with van der Waals surface area (Å²) >= 11 is 0. The van der Waals surface area contributed by atoms with Crippen LogP contribution in [0.5, 0.6) is 11.5 Å². The largest absolute Gasteiger partial charge is 0.457 e. The summed E-state index contributed by atoms with van der Waals surface area (Å²) in [5.41, 5.74) is 5.04. The first-order valence-electron chi connectivity index (χ1n) is 5.66. The first kappa shape index (κ1) is 13.9. The van der Waals surface area contributed by atoms with Crippen LogP contribution in [0.4, 0.5) is 13.2 Å². The quantitative estimate of drug-likeness (QED) is 0.664. The Morgan fingerprint density at radius 1 is 1.00 bits per heavy atom. The molecule has 2 aromatic carbocycles. The van der Waals surface area contributed by atoms with Gasteiger partial charge in [-0.25, -0.2) is 0 Å². The third-order valence-electron chi connectivity index (χ3n) is 2.59. The number of amidine groups is 1. The number of hydrogen-bond acceptors (Lipinski definition) is 2. The van der Waals surface area contributed by atoms with Crippen LogP contribution >= 0.6 is 0 Å². The number of ether oxygens (including phenoxy) is 1. The first-order valence-corrected chi connectivity index (χ1v) is 5.66. The fourth-order valence-electron chi connectivity index (χ4n) is 1.62. The molecule has 0 amide bonds. The van der Waals surface area contributed by atoms with Crippen molar-refractivity contribution in [3.05, 3.63) is 59.7 Å². The molecule has 0 aliphatic heterocycles. The fourth-order valence-corrected chi connectivity index (χ4v) is 1.62. The van der Waals surface area contributed by atoms with Crippen molar-refractivity contribution >= 4 is 5.84 Å². The number of para-hydroxylation sites is 1. The molecule has 6 heteroatoms. The molecule has 0 fully saturated rings. The van der Waals surface area contributed by atoms with E-state index >= 15 is 0 Å². The molecular formula is C14H11F3N2O. The minimum Gasteiger partial charge on any atom is -0.457 e. The molecule has 104 valence electrons. The normalized spacial score (nSPS) is 11.2. The average Bonchev–Trinajstić information content (AvgIpc) is 2.38. The van der Waals surface area contributed by atoms with Gasteiger partial charge in [-0.3, -0.25) is 5.41 Å². The van der Waals surface area contributed by atoms with E-state index in [0.29, 0.717) is 11.3 Å². The molecule has 2 aromatic rings. The van der Waals surface area contributed by atoms with E-state index in [4.69, 9.17) is 15.9 Å². The number of hydrogen-bond donors (Lipinski definition) is 2. The van der Waals surface area contributed by atoms with Gasteiger partial charge >= 0.3 is 6.18 Å². The van der Waals surface area contributed by atoms with Gasteiger partial charge in [0.2, 0.25) is 0 Å². The molecule has 0 aromatic heterocycles. The SMILES string of the molecule is N=C(N)c1ccccc1Oc1ccc(C(F)(F)F)cc1. The second-order valence-corrected chi connectivity index (χ2v) is 4.03. The molecule has 0 unspecified atom stereocenters. The molecule has 0 bridgehead atoms. The molecule has 0 aliphatic carbocycles. The maximum Gasteiger partial charge on any atom is 0.416 e. The van der Waals surface area contributed by atoms with Crippen LogP contribution in [-0.2, 0) is 6.18 Å². The van der Waals surface area contributed by atoms with Gasteiger partial charge in [-0.15, -0.1) is 0 Å². The highest BCUT2D eigenvalue weighted by atomic mass is 19.4. The Kier molecular flexibility index (Phi) is 3.65. The number of nitrogens with one attached hydrogen (secondary N) is 1. The minimum absolute atomic E-state index is 0.174. The van der Waals surface area contributed by atoms with Gasteiger partial charge in [-0.1, -0.05) is 12.1 Å². The van der Waals surface area contributed by atoms with Crippen LogP contribution in [0.3, 0.4) is 0 Å². The molecular weight excluding hydrogens is 269 g/mol. The highest BCUT2D eigenvalue weighted by molar-refractivity contribution is 5.97. The third kappa shape index (κ3) is 3.09. The lowest BCUT2D eigenvalue weighted by molar-refractivity contribution is -0.137. The van der Waals surface area contributed by atoms with Crippen molar-refractivity contribution in [2.45, 2.75) is 6.18 Å². The molecule has 3 N–H and O–H groups in total. The van der Waals surface area contributed by atoms with E-state index in [9.17, 15) is 13.2 Å². The van der Waals surface area contributed by atoms with Crippen LogP contribution in [0.1, 0.15) is 11.1 Å². The summed E-state index contributed by atoms with van der Waals surface area (Å²) in [6, 6.07) is 10.9. The summed E-state index contributed by atoms with van der Waals surface area (Å²) in [4.78, 5) is 0. The van der Waals surface area contributed by atoms with Crippen molar-refractivity contribution in [3.63, 3.8) is 0 Å². The molecule has 3 nitrogen and oxygen atoms in total. The lowest BCUT2D eigenvalue weighted by atomic mass is 10.2. The summed E-state index contributed by atoms with van der Waals surface area (Å²) < 4.78 is 42.7. The molecule has 0 radical (unpaired) electrons. The van der Waals surface area contributed by atoms with Crippen molar-refractivity contribution in [2.75, 3.05) is 0 Å². The Bertz CT molecular complexity index is 621. The smallest absolute Gasteiger partial charge is 0.416 e. The van der Waals surface area contributed by atoms with E-state index in [2.05, 4.69) is 0 Å². The van der Waals surface area contributed by atoms with Gasteiger partial charge in [0.25, 0.3) is 0 Å². The van der Waals surface area contributed by atoms with Gasteiger partial charge in [0.1, 0.15) is 17.3 Å².